The molecule has 1 heterocycles. The van der Waals surface area contributed by atoms with Crippen molar-refractivity contribution in [3.05, 3.63) is 89.7 Å². The van der Waals surface area contributed by atoms with Crippen molar-refractivity contribution < 1.29 is 9.53 Å². The number of nitrogens with zero attached hydrogens (tertiary/aromatic N) is 1. The van der Waals surface area contributed by atoms with Gasteiger partial charge in [0.25, 0.3) is 0 Å². The van der Waals surface area contributed by atoms with Crippen molar-refractivity contribution in [2.24, 2.45) is 0 Å². The molecule has 4 rings (SSSR count). The monoisotopic (exact) mass is 400 g/mol. The number of hydrogen-bond acceptors (Lipinski definition) is 3. The average molecular weight is 400 g/mol. The van der Waals surface area contributed by atoms with Gasteiger partial charge in [-0.15, -0.1) is 0 Å². The molecule has 0 radical (unpaired) electrons. The number of ether oxygens (including phenoxy) is 1. The van der Waals surface area contributed by atoms with Gasteiger partial charge in [-0.3, -0.25) is 0 Å². The number of amides is 2. The van der Waals surface area contributed by atoms with Gasteiger partial charge in [0.1, 0.15) is 11.6 Å². The lowest BCUT2D eigenvalue weighted by Gasteiger charge is -2.09. The summed E-state index contributed by atoms with van der Waals surface area (Å²) in [6, 6.07) is 23.3. The Kier molecular flexibility index (Phi) is 5.94. The molecule has 0 aliphatic carbocycles. The van der Waals surface area contributed by atoms with Crippen LogP contribution < -0.4 is 15.4 Å². The summed E-state index contributed by atoms with van der Waals surface area (Å²) in [5, 5.41) is 5.71. The zero-order chi connectivity index (χ0) is 20.8. The van der Waals surface area contributed by atoms with Crippen LogP contribution in [0.2, 0.25) is 0 Å². The number of para-hydroxylation sites is 2. The standard InChI is InChI=1S/C24H24N4O2/c1-30-20-6-4-5-18(15-20)16-25-24(29)26-19-12-9-17(10-13-19)11-14-23-27-21-7-2-3-8-22(21)28-23/h2-10,12-13,15H,11,14,16H2,1H3,(H,27,28)(H2,25,26,29). The summed E-state index contributed by atoms with van der Waals surface area (Å²) in [7, 11) is 1.62. The van der Waals surface area contributed by atoms with E-state index in [4.69, 9.17) is 4.74 Å². The fraction of sp³-hybridized carbons (Fsp3) is 0.167. The second-order valence-corrected chi connectivity index (χ2v) is 7.06. The number of anilines is 1. The third kappa shape index (κ3) is 4.97. The van der Waals surface area contributed by atoms with Gasteiger partial charge in [-0.05, 0) is 53.9 Å². The molecule has 0 spiro atoms. The van der Waals surface area contributed by atoms with Crippen molar-refractivity contribution in [1.82, 2.24) is 15.3 Å². The molecule has 0 fully saturated rings. The van der Waals surface area contributed by atoms with Gasteiger partial charge in [-0.1, -0.05) is 36.4 Å². The van der Waals surface area contributed by atoms with Gasteiger partial charge in [-0.25, -0.2) is 9.78 Å². The van der Waals surface area contributed by atoms with E-state index in [0.717, 1.165) is 46.7 Å². The molecule has 4 aromatic rings. The van der Waals surface area contributed by atoms with Gasteiger partial charge in [0.2, 0.25) is 0 Å². The molecule has 0 saturated heterocycles. The summed E-state index contributed by atoms with van der Waals surface area (Å²) >= 11 is 0. The number of aryl methyl sites for hydroxylation is 2. The molecule has 0 atom stereocenters. The number of carbonyl (C=O) groups is 1. The molecule has 0 aliphatic heterocycles. The molecule has 0 bridgehead atoms. The van der Waals surface area contributed by atoms with Crippen molar-refractivity contribution in [2.45, 2.75) is 19.4 Å². The van der Waals surface area contributed by atoms with E-state index < -0.39 is 0 Å². The Morgan fingerprint density at radius 1 is 0.967 bits per heavy atom. The van der Waals surface area contributed by atoms with Gasteiger partial charge in [-0.2, -0.15) is 0 Å². The lowest BCUT2D eigenvalue weighted by Crippen LogP contribution is -2.28. The first-order valence-electron chi connectivity index (χ1n) is 9.90. The highest BCUT2D eigenvalue weighted by Crippen LogP contribution is 2.15. The molecular formula is C24H24N4O2. The van der Waals surface area contributed by atoms with Crippen LogP contribution in [-0.2, 0) is 19.4 Å². The number of H-pyrrole nitrogens is 1. The van der Waals surface area contributed by atoms with Gasteiger partial charge in [0.05, 0.1) is 18.1 Å². The number of benzene rings is 3. The van der Waals surface area contributed by atoms with Gasteiger partial charge >= 0.3 is 6.03 Å². The molecule has 0 unspecified atom stereocenters. The Morgan fingerprint density at radius 2 is 1.80 bits per heavy atom. The third-order valence-corrected chi connectivity index (χ3v) is 4.89. The molecule has 2 amide bonds. The first kappa shape index (κ1) is 19.5. The minimum Gasteiger partial charge on any atom is -0.497 e. The average Bonchev–Trinajstić information content (AvgIpc) is 3.20. The van der Waals surface area contributed by atoms with Crippen LogP contribution in [0.25, 0.3) is 11.0 Å². The topological polar surface area (TPSA) is 79.0 Å². The molecule has 6 heteroatoms. The number of urea groups is 1. The van der Waals surface area contributed by atoms with Crippen LogP contribution in [0.1, 0.15) is 17.0 Å². The predicted molar refractivity (Wildman–Crippen MR) is 119 cm³/mol. The number of imidazole rings is 1. The van der Waals surface area contributed by atoms with E-state index in [-0.39, 0.29) is 6.03 Å². The Bertz CT molecular complexity index is 1100. The van der Waals surface area contributed by atoms with E-state index in [1.165, 1.54) is 5.56 Å². The van der Waals surface area contributed by atoms with Crippen LogP contribution in [0.3, 0.4) is 0 Å². The molecule has 6 nitrogen and oxygen atoms in total. The van der Waals surface area contributed by atoms with Crippen molar-refractivity contribution in [2.75, 3.05) is 12.4 Å². The molecule has 3 aromatic carbocycles. The smallest absolute Gasteiger partial charge is 0.319 e. The summed E-state index contributed by atoms with van der Waals surface area (Å²) in [5.41, 5.74) is 4.98. The van der Waals surface area contributed by atoms with E-state index in [0.29, 0.717) is 6.54 Å². The Balaban J connectivity index is 1.27. The zero-order valence-corrected chi connectivity index (χ0v) is 16.8. The first-order valence-corrected chi connectivity index (χ1v) is 9.90. The van der Waals surface area contributed by atoms with Crippen molar-refractivity contribution in [3.8, 4) is 5.75 Å². The van der Waals surface area contributed by atoms with Crippen molar-refractivity contribution in [1.29, 1.82) is 0 Å². The summed E-state index contributed by atoms with van der Waals surface area (Å²) in [6.07, 6.45) is 1.71. The minimum atomic E-state index is -0.243. The number of hydrogen-bond donors (Lipinski definition) is 3. The van der Waals surface area contributed by atoms with E-state index in [1.807, 2.05) is 72.8 Å². The Labute approximate surface area is 175 Å². The van der Waals surface area contributed by atoms with Crippen molar-refractivity contribution in [3.63, 3.8) is 0 Å². The maximum absolute atomic E-state index is 12.2. The highest BCUT2D eigenvalue weighted by atomic mass is 16.5. The zero-order valence-electron chi connectivity index (χ0n) is 16.8. The minimum absolute atomic E-state index is 0.243. The molecule has 30 heavy (non-hydrogen) atoms. The van der Waals surface area contributed by atoms with E-state index in [9.17, 15) is 4.79 Å². The summed E-state index contributed by atoms with van der Waals surface area (Å²) in [5.74, 6) is 1.75. The highest BCUT2D eigenvalue weighted by Gasteiger charge is 2.05. The summed E-state index contributed by atoms with van der Waals surface area (Å²) < 4.78 is 5.20. The maximum atomic E-state index is 12.2. The lowest BCUT2D eigenvalue weighted by molar-refractivity contribution is 0.251. The fourth-order valence-electron chi connectivity index (χ4n) is 3.28. The molecular weight excluding hydrogens is 376 g/mol. The van der Waals surface area contributed by atoms with Crippen LogP contribution in [0.4, 0.5) is 10.5 Å². The van der Waals surface area contributed by atoms with Crippen molar-refractivity contribution >= 4 is 22.8 Å². The summed E-state index contributed by atoms with van der Waals surface area (Å²) in [6.45, 7) is 0.429. The van der Waals surface area contributed by atoms with Crippen LogP contribution in [0.5, 0.6) is 5.75 Å². The number of aromatic amines is 1. The molecule has 0 aliphatic rings. The fourth-order valence-corrected chi connectivity index (χ4v) is 3.28. The number of rotatable bonds is 7. The van der Waals surface area contributed by atoms with Gasteiger partial charge < -0.3 is 20.4 Å². The molecule has 1 aromatic heterocycles. The van der Waals surface area contributed by atoms with Crippen LogP contribution in [0, 0.1) is 0 Å². The van der Waals surface area contributed by atoms with E-state index in [1.54, 1.807) is 7.11 Å². The SMILES string of the molecule is COc1cccc(CNC(=O)Nc2ccc(CCc3nc4ccccc4[nH]3)cc2)c1. The number of methoxy groups -OCH3 is 1. The summed E-state index contributed by atoms with van der Waals surface area (Å²) in [4.78, 5) is 20.1. The van der Waals surface area contributed by atoms with E-state index in [2.05, 4.69) is 20.6 Å². The van der Waals surface area contributed by atoms with E-state index >= 15 is 0 Å². The van der Waals surface area contributed by atoms with Crippen LogP contribution in [-0.4, -0.2) is 23.1 Å². The van der Waals surface area contributed by atoms with Crippen LogP contribution in [0.15, 0.2) is 72.8 Å². The Morgan fingerprint density at radius 3 is 2.60 bits per heavy atom. The molecule has 3 N–H and O–H groups in total. The quantitative estimate of drug-likeness (QED) is 0.421. The largest absolute Gasteiger partial charge is 0.497 e. The Hall–Kier alpha value is -3.80. The third-order valence-electron chi connectivity index (χ3n) is 4.89. The number of nitrogens with one attached hydrogen (secondary N) is 3. The number of fused-ring (bicyclic) bond motifs is 1. The predicted octanol–water partition coefficient (Wildman–Crippen LogP) is 4.68. The first-order chi connectivity index (χ1) is 14.7. The number of aromatic nitrogens is 2. The lowest BCUT2D eigenvalue weighted by atomic mass is 10.1. The molecule has 0 saturated carbocycles. The maximum Gasteiger partial charge on any atom is 0.319 e. The number of carbonyl (C=O) groups excluding carboxylic acids is 1. The second-order valence-electron chi connectivity index (χ2n) is 7.06. The molecule has 152 valence electrons. The highest BCUT2D eigenvalue weighted by molar-refractivity contribution is 5.89. The van der Waals surface area contributed by atoms with Gasteiger partial charge in [0, 0.05) is 18.7 Å². The normalized spacial score (nSPS) is 10.7. The second kappa shape index (κ2) is 9.13. The van der Waals surface area contributed by atoms with Gasteiger partial charge in [0.15, 0.2) is 0 Å². The van der Waals surface area contributed by atoms with Crippen LogP contribution >= 0.6 is 0 Å².